The predicted molar refractivity (Wildman–Crippen MR) is 81.0 cm³/mol. The number of hydrogen-bond donors (Lipinski definition) is 1. The van der Waals surface area contributed by atoms with Gasteiger partial charge in [-0.3, -0.25) is 4.79 Å². The molecule has 0 aromatic heterocycles. The molecule has 0 bridgehead atoms. The maximum Gasteiger partial charge on any atom is 0.223 e. The van der Waals surface area contributed by atoms with Gasteiger partial charge < -0.3 is 10.2 Å². The van der Waals surface area contributed by atoms with Crippen molar-refractivity contribution in [3.63, 3.8) is 0 Å². The molecule has 0 saturated carbocycles. The molecule has 0 aromatic carbocycles. The fourth-order valence-electron chi connectivity index (χ4n) is 2.91. The van der Waals surface area contributed by atoms with E-state index in [1.165, 1.54) is 0 Å². The number of hydrogen-bond acceptors (Lipinski definition) is 2. The molecular formula is C16H32N2O. The van der Waals surface area contributed by atoms with Crippen LogP contribution in [0.2, 0.25) is 0 Å². The lowest BCUT2D eigenvalue weighted by atomic mass is 9.94. The van der Waals surface area contributed by atoms with Gasteiger partial charge in [0.25, 0.3) is 0 Å². The minimum absolute atomic E-state index is 0.337. The Kier molecular flexibility index (Phi) is 6.31. The highest BCUT2D eigenvalue weighted by Gasteiger charge is 2.33. The first-order chi connectivity index (χ1) is 8.81. The average Bonchev–Trinajstić information content (AvgIpc) is 2.26. The third kappa shape index (κ3) is 5.13. The lowest BCUT2D eigenvalue weighted by molar-refractivity contribution is -0.137. The van der Waals surface area contributed by atoms with E-state index in [0.717, 1.165) is 19.5 Å². The van der Waals surface area contributed by atoms with Crippen LogP contribution in [0.5, 0.6) is 0 Å². The molecule has 2 unspecified atom stereocenters. The van der Waals surface area contributed by atoms with Gasteiger partial charge in [0, 0.05) is 31.6 Å². The Balaban J connectivity index is 2.70. The second-order valence-electron chi connectivity index (χ2n) is 7.19. The Bertz CT molecular complexity index is 286. The zero-order valence-corrected chi connectivity index (χ0v) is 13.6. The molecule has 3 nitrogen and oxygen atoms in total. The van der Waals surface area contributed by atoms with Gasteiger partial charge in [-0.1, -0.05) is 41.5 Å². The molecule has 1 aliphatic heterocycles. The summed E-state index contributed by atoms with van der Waals surface area (Å²) in [5.74, 6) is 1.97. The maximum atomic E-state index is 12.5. The van der Waals surface area contributed by atoms with Gasteiger partial charge in [-0.15, -0.1) is 0 Å². The van der Waals surface area contributed by atoms with E-state index in [4.69, 9.17) is 0 Å². The highest BCUT2D eigenvalue weighted by molar-refractivity contribution is 5.77. The van der Waals surface area contributed by atoms with E-state index in [-0.39, 0.29) is 0 Å². The third-order valence-corrected chi connectivity index (χ3v) is 3.86. The van der Waals surface area contributed by atoms with E-state index < -0.39 is 0 Å². The van der Waals surface area contributed by atoms with Crippen molar-refractivity contribution in [3.8, 4) is 0 Å². The quantitative estimate of drug-likeness (QED) is 0.831. The second-order valence-corrected chi connectivity index (χ2v) is 7.19. The van der Waals surface area contributed by atoms with E-state index in [9.17, 15) is 4.79 Å². The highest BCUT2D eigenvalue weighted by Crippen LogP contribution is 2.20. The maximum absolute atomic E-state index is 12.5. The van der Waals surface area contributed by atoms with E-state index in [1.807, 2.05) is 0 Å². The molecule has 1 heterocycles. The Labute approximate surface area is 119 Å². The van der Waals surface area contributed by atoms with Gasteiger partial charge in [-0.05, 0) is 24.2 Å². The Hall–Kier alpha value is -0.570. The van der Waals surface area contributed by atoms with Crippen molar-refractivity contribution >= 4 is 5.91 Å². The fourth-order valence-corrected chi connectivity index (χ4v) is 2.91. The van der Waals surface area contributed by atoms with Gasteiger partial charge in [-0.2, -0.15) is 0 Å². The summed E-state index contributed by atoms with van der Waals surface area (Å²) in [6.45, 7) is 15.0. The van der Waals surface area contributed by atoms with Gasteiger partial charge in [-0.25, -0.2) is 0 Å². The van der Waals surface area contributed by atoms with Gasteiger partial charge in [0.05, 0.1) is 0 Å². The van der Waals surface area contributed by atoms with E-state index in [2.05, 4.69) is 51.8 Å². The number of carbonyl (C=O) groups is 1. The molecule has 1 aliphatic rings. The van der Waals surface area contributed by atoms with E-state index in [0.29, 0.717) is 42.2 Å². The van der Waals surface area contributed by atoms with Crippen LogP contribution >= 0.6 is 0 Å². The molecular weight excluding hydrogens is 236 g/mol. The summed E-state index contributed by atoms with van der Waals surface area (Å²) in [6, 6.07) is 0.820. The van der Waals surface area contributed by atoms with Gasteiger partial charge in [0.1, 0.15) is 0 Å². The molecule has 1 amide bonds. The van der Waals surface area contributed by atoms with Crippen molar-refractivity contribution in [1.29, 1.82) is 0 Å². The summed E-state index contributed by atoms with van der Waals surface area (Å²) in [7, 11) is 0. The summed E-state index contributed by atoms with van der Waals surface area (Å²) < 4.78 is 0. The summed E-state index contributed by atoms with van der Waals surface area (Å²) in [5.41, 5.74) is 0. The molecule has 1 saturated heterocycles. The molecule has 112 valence electrons. The second kappa shape index (κ2) is 7.28. The molecule has 3 heteroatoms. The average molecular weight is 268 g/mol. The number of piperazine rings is 1. The SMILES string of the molecule is CC(C)CC(=O)N1CC(CC(C)C)NCC1C(C)C. The van der Waals surface area contributed by atoms with Crippen LogP contribution in [0.3, 0.4) is 0 Å². The van der Waals surface area contributed by atoms with E-state index in [1.54, 1.807) is 0 Å². The van der Waals surface area contributed by atoms with Crippen LogP contribution in [0.15, 0.2) is 0 Å². The molecule has 1 fully saturated rings. The van der Waals surface area contributed by atoms with Crippen molar-refractivity contribution in [2.24, 2.45) is 17.8 Å². The number of nitrogens with one attached hydrogen (secondary N) is 1. The smallest absolute Gasteiger partial charge is 0.223 e. The van der Waals surface area contributed by atoms with Crippen LogP contribution in [0.25, 0.3) is 0 Å². The molecule has 19 heavy (non-hydrogen) atoms. The lowest BCUT2D eigenvalue weighted by Gasteiger charge is -2.43. The zero-order chi connectivity index (χ0) is 14.6. The van der Waals surface area contributed by atoms with Crippen molar-refractivity contribution in [2.45, 2.75) is 66.5 Å². The van der Waals surface area contributed by atoms with Crippen LogP contribution in [-0.2, 0) is 4.79 Å². The van der Waals surface area contributed by atoms with Gasteiger partial charge >= 0.3 is 0 Å². The molecule has 0 spiro atoms. The first-order valence-corrected chi connectivity index (χ1v) is 7.84. The molecule has 0 aromatic rings. The topological polar surface area (TPSA) is 32.3 Å². The molecule has 0 radical (unpaired) electrons. The molecule has 0 aliphatic carbocycles. The molecule has 1 N–H and O–H groups in total. The summed E-state index contributed by atoms with van der Waals surface area (Å²) in [5, 5.41) is 3.63. The standard InChI is InChI=1S/C16H32N2O/c1-11(2)7-14-10-18(16(19)8-12(3)4)15(9-17-14)13(5)6/h11-15,17H,7-10H2,1-6H3. The molecule has 1 rings (SSSR count). The minimum Gasteiger partial charge on any atom is -0.337 e. The first kappa shape index (κ1) is 16.5. The van der Waals surface area contributed by atoms with Crippen molar-refractivity contribution in [1.82, 2.24) is 10.2 Å². The Morgan fingerprint density at radius 1 is 1.16 bits per heavy atom. The predicted octanol–water partition coefficient (Wildman–Crippen LogP) is 2.90. The van der Waals surface area contributed by atoms with Crippen LogP contribution < -0.4 is 5.32 Å². The Morgan fingerprint density at radius 2 is 1.79 bits per heavy atom. The summed E-state index contributed by atoms with van der Waals surface area (Å²) in [6.07, 6.45) is 1.83. The fraction of sp³-hybridized carbons (Fsp3) is 0.938. The van der Waals surface area contributed by atoms with Crippen LogP contribution in [0.4, 0.5) is 0 Å². The number of carbonyl (C=O) groups excluding carboxylic acids is 1. The zero-order valence-electron chi connectivity index (χ0n) is 13.6. The highest BCUT2D eigenvalue weighted by atomic mass is 16.2. The largest absolute Gasteiger partial charge is 0.337 e. The van der Waals surface area contributed by atoms with Crippen LogP contribution in [0, 0.1) is 17.8 Å². The monoisotopic (exact) mass is 268 g/mol. The van der Waals surface area contributed by atoms with Crippen molar-refractivity contribution < 1.29 is 4.79 Å². The van der Waals surface area contributed by atoms with Crippen LogP contribution in [-0.4, -0.2) is 36.0 Å². The third-order valence-electron chi connectivity index (χ3n) is 3.86. The molecule has 2 atom stereocenters. The normalized spacial score (nSPS) is 24.6. The van der Waals surface area contributed by atoms with E-state index >= 15 is 0 Å². The van der Waals surface area contributed by atoms with Crippen molar-refractivity contribution in [3.05, 3.63) is 0 Å². The van der Waals surface area contributed by atoms with Crippen molar-refractivity contribution in [2.75, 3.05) is 13.1 Å². The first-order valence-electron chi connectivity index (χ1n) is 7.84. The number of amides is 1. The lowest BCUT2D eigenvalue weighted by Crippen LogP contribution is -2.60. The Morgan fingerprint density at radius 3 is 2.26 bits per heavy atom. The summed E-state index contributed by atoms with van der Waals surface area (Å²) >= 11 is 0. The van der Waals surface area contributed by atoms with Crippen LogP contribution in [0.1, 0.15) is 54.4 Å². The van der Waals surface area contributed by atoms with Gasteiger partial charge in [0.2, 0.25) is 5.91 Å². The number of rotatable bonds is 5. The minimum atomic E-state index is 0.337. The summed E-state index contributed by atoms with van der Waals surface area (Å²) in [4.78, 5) is 14.6. The number of nitrogens with zero attached hydrogens (tertiary/aromatic N) is 1. The van der Waals surface area contributed by atoms with Gasteiger partial charge in [0.15, 0.2) is 0 Å².